The summed E-state index contributed by atoms with van der Waals surface area (Å²) in [6.45, 7) is 5.10. The van der Waals surface area contributed by atoms with E-state index in [1.165, 1.54) is 6.07 Å². The van der Waals surface area contributed by atoms with Crippen molar-refractivity contribution in [1.82, 2.24) is 9.56 Å². The number of carbonyl (C=O) groups is 2. The van der Waals surface area contributed by atoms with Crippen LogP contribution in [0.4, 0.5) is 5.69 Å². The number of ether oxygens (including phenoxy) is 2. The maximum Gasteiger partial charge on any atom is 0.338 e. The third kappa shape index (κ3) is 5.40. The smallest absolute Gasteiger partial charge is 0.338 e. The fourth-order valence-corrected chi connectivity index (χ4v) is 3.56. The average Bonchev–Trinajstić information content (AvgIpc) is 3.23. The topological polar surface area (TPSA) is 112 Å². The predicted octanol–water partition coefficient (Wildman–Crippen LogP) is 4.06. The third-order valence-corrected chi connectivity index (χ3v) is 5.37. The molecule has 2 aromatic carbocycles. The van der Waals surface area contributed by atoms with Gasteiger partial charge in [0.05, 0.1) is 11.3 Å². The van der Waals surface area contributed by atoms with Gasteiger partial charge in [-0.2, -0.15) is 0 Å². The summed E-state index contributed by atoms with van der Waals surface area (Å²) in [4.78, 5) is 42.1. The lowest BCUT2D eigenvalue weighted by Gasteiger charge is -2.18. The second kappa shape index (κ2) is 10.3. The summed E-state index contributed by atoms with van der Waals surface area (Å²) in [6, 6.07) is 16.9. The van der Waals surface area contributed by atoms with Gasteiger partial charge in [-0.1, -0.05) is 31.2 Å². The van der Waals surface area contributed by atoms with Crippen molar-refractivity contribution in [2.45, 2.75) is 39.9 Å². The van der Waals surface area contributed by atoms with Gasteiger partial charge in [-0.05, 0) is 50.1 Å². The number of hydrogen-bond acceptors (Lipinski definition) is 7. The lowest BCUT2D eigenvalue weighted by atomic mass is 10.1. The van der Waals surface area contributed by atoms with E-state index in [2.05, 4.69) is 10.3 Å². The minimum Gasteiger partial charge on any atom is -0.481 e. The summed E-state index contributed by atoms with van der Waals surface area (Å²) < 4.78 is 17.5. The van der Waals surface area contributed by atoms with Gasteiger partial charge in [0.15, 0.2) is 11.8 Å². The van der Waals surface area contributed by atoms with Crippen LogP contribution in [0.1, 0.15) is 40.7 Å². The molecular formula is C26H25N3O6. The lowest BCUT2D eigenvalue weighted by Crippen LogP contribution is -2.32. The number of carbonyl (C=O) groups excluding carboxylic acids is 2. The summed E-state index contributed by atoms with van der Waals surface area (Å²) >= 11 is 0. The van der Waals surface area contributed by atoms with E-state index >= 15 is 0 Å². The van der Waals surface area contributed by atoms with Crippen LogP contribution in [-0.2, 0) is 16.1 Å². The number of anilines is 1. The quantitative estimate of drug-likeness (QED) is 0.383. The molecular weight excluding hydrogens is 450 g/mol. The van der Waals surface area contributed by atoms with Gasteiger partial charge >= 0.3 is 5.97 Å². The zero-order valence-electron chi connectivity index (χ0n) is 19.6. The van der Waals surface area contributed by atoms with E-state index in [4.69, 9.17) is 14.0 Å². The van der Waals surface area contributed by atoms with Crippen LogP contribution in [0.3, 0.4) is 0 Å². The zero-order chi connectivity index (χ0) is 24.9. The Kier molecular flexibility index (Phi) is 6.96. The molecule has 0 aliphatic heterocycles. The molecule has 2 aromatic heterocycles. The molecule has 0 aliphatic carbocycles. The minimum atomic E-state index is -0.695. The molecule has 0 aliphatic rings. The Morgan fingerprint density at radius 1 is 1.09 bits per heavy atom. The SMILES string of the molecule is CC[C@H](Oc1ccccc1)C(=O)Nc1cccc(C(=O)OCc2cc(=O)n3oc(C)cc3n2)c1C. The van der Waals surface area contributed by atoms with E-state index in [0.29, 0.717) is 40.5 Å². The number of benzene rings is 2. The maximum atomic E-state index is 12.8. The van der Waals surface area contributed by atoms with Gasteiger partial charge in [0.2, 0.25) is 0 Å². The molecule has 1 N–H and O–H groups in total. The number of rotatable bonds is 8. The number of nitrogens with one attached hydrogen (secondary N) is 1. The highest BCUT2D eigenvalue weighted by Crippen LogP contribution is 2.22. The van der Waals surface area contributed by atoms with Crippen LogP contribution >= 0.6 is 0 Å². The first-order chi connectivity index (χ1) is 16.9. The molecule has 9 nitrogen and oxygen atoms in total. The van der Waals surface area contributed by atoms with Crippen molar-refractivity contribution in [2.75, 3.05) is 5.32 Å². The minimum absolute atomic E-state index is 0.187. The summed E-state index contributed by atoms with van der Waals surface area (Å²) in [6.07, 6.45) is -0.228. The summed E-state index contributed by atoms with van der Waals surface area (Å²) in [5.41, 5.74) is 1.55. The van der Waals surface area contributed by atoms with Crippen molar-refractivity contribution < 1.29 is 23.6 Å². The maximum absolute atomic E-state index is 12.8. The van der Waals surface area contributed by atoms with Crippen LogP contribution in [-0.4, -0.2) is 27.5 Å². The second-order valence-electron chi connectivity index (χ2n) is 7.96. The Bertz CT molecular complexity index is 1420. The summed E-state index contributed by atoms with van der Waals surface area (Å²) in [5.74, 6) is 0.216. The van der Waals surface area contributed by atoms with E-state index in [1.807, 2.05) is 25.1 Å². The Hall–Kier alpha value is -4.40. The van der Waals surface area contributed by atoms with Crippen LogP contribution in [0.25, 0.3) is 5.65 Å². The van der Waals surface area contributed by atoms with Crippen molar-refractivity contribution in [1.29, 1.82) is 0 Å². The Labute approximate surface area is 201 Å². The molecule has 2 heterocycles. The average molecular weight is 476 g/mol. The van der Waals surface area contributed by atoms with Crippen LogP contribution in [0.15, 0.2) is 70.0 Å². The first-order valence-corrected chi connectivity index (χ1v) is 11.1. The molecule has 4 rings (SSSR count). The molecule has 4 aromatic rings. The van der Waals surface area contributed by atoms with Crippen molar-refractivity contribution in [3.63, 3.8) is 0 Å². The van der Waals surface area contributed by atoms with Crippen molar-refractivity contribution in [3.05, 3.63) is 93.6 Å². The van der Waals surface area contributed by atoms with E-state index in [-0.39, 0.29) is 18.1 Å². The normalized spacial score (nSPS) is 11.7. The predicted molar refractivity (Wildman–Crippen MR) is 129 cm³/mol. The fourth-order valence-electron chi connectivity index (χ4n) is 3.56. The van der Waals surface area contributed by atoms with Crippen molar-refractivity contribution in [2.24, 2.45) is 0 Å². The van der Waals surface area contributed by atoms with Gasteiger partial charge in [0.25, 0.3) is 11.5 Å². The molecule has 0 unspecified atom stereocenters. The van der Waals surface area contributed by atoms with Crippen LogP contribution in [0, 0.1) is 13.8 Å². The number of amides is 1. The van der Waals surface area contributed by atoms with E-state index in [9.17, 15) is 14.4 Å². The molecule has 0 spiro atoms. The molecule has 9 heteroatoms. The number of esters is 1. The molecule has 0 bridgehead atoms. The highest BCUT2D eigenvalue weighted by molar-refractivity contribution is 5.98. The standard InChI is InChI=1S/C26H25N3O6/c1-4-22(34-19-9-6-5-7-10-19)25(31)28-21-12-8-11-20(17(21)3)26(32)33-15-18-14-24(30)29-23(27-18)13-16(2)35-29/h5-14,22H,4,15H2,1-3H3,(H,28,31)/t22-/m0/s1. The molecule has 0 fully saturated rings. The van der Waals surface area contributed by atoms with Crippen LogP contribution < -0.4 is 15.6 Å². The second-order valence-corrected chi connectivity index (χ2v) is 7.96. The summed E-state index contributed by atoms with van der Waals surface area (Å²) in [7, 11) is 0. The van der Waals surface area contributed by atoms with Gasteiger partial charge in [0.1, 0.15) is 18.1 Å². The first kappa shape index (κ1) is 23.7. The van der Waals surface area contributed by atoms with Crippen LogP contribution in [0.5, 0.6) is 5.75 Å². The lowest BCUT2D eigenvalue weighted by molar-refractivity contribution is -0.122. The van der Waals surface area contributed by atoms with Crippen LogP contribution in [0.2, 0.25) is 0 Å². The molecule has 1 atom stereocenters. The van der Waals surface area contributed by atoms with Gasteiger partial charge in [-0.25, -0.2) is 9.78 Å². The zero-order valence-corrected chi connectivity index (χ0v) is 19.6. The van der Waals surface area contributed by atoms with Crippen molar-refractivity contribution >= 4 is 23.2 Å². The van der Waals surface area contributed by atoms with E-state index in [1.54, 1.807) is 50.2 Å². The van der Waals surface area contributed by atoms with Crippen molar-refractivity contribution in [3.8, 4) is 5.75 Å². The molecule has 0 radical (unpaired) electrons. The first-order valence-electron chi connectivity index (χ1n) is 11.1. The number of aromatic nitrogens is 2. The monoisotopic (exact) mass is 475 g/mol. The molecule has 180 valence electrons. The Morgan fingerprint density at radius 2 is 1.86 bits per heavy atom. The Morgan fingerprint density at radius 3 is 2.60 bits per heavy atom. The highest BCUT2D eigenvalue weighted by Gasteiger charge is 2.21. The number of aryl methyl sites for hydroxylation is 1. The number of para-hydroxylation sites is 1. The fraction of sp³-hybridized carbons (Fsp3) is 0.231. The molecule has 1 amide bonds. The summed E-state index contributed by atoms with van der Waals surface area (Å²) in [5, 5.41) is 2.84. The molecule has 0 saturated carbocycles. The number of hydrogen-bond donors (Lipinski definition) is 1. The third-order valence-electron chi connectivity index (χ3n) is 5.37. The van der Waals surface area contributed by atoms with Gasteiger partial charge in [0, 0.05) is 17.8 Å². The van der Waals surface area contributed by atoms with Gasteiger partial charge < -0.3 is 19.3 Å². The number of nitrogens with zero attached hydrogens (tertiary/aromatic N) is 2. The Balaban J connectivity index is 1.45. The highest BCUT2D eigenvalue weighted by atomic mass is 16.5. The molecule has 35 heavy (non-hydrogen) atoms. The van der Waals surface area contributed by atoms with Gasteiger partial charge in [-0.3, -0.25) is 9.59 Å². The van der Waals surface area contributed by atoms with E-state index < -0.39 is 17.6 Å². The molecule has 0 saturated heterocycles. The van der Waals surface area contributed by atoms with Gasteiger partial charge in [-0.15, -0.1) is 4.57 Å². The largest absolute Gasteiger partial charge is 0.481 e. The van der Waals surface area contributed by atoms with E-state index in [0.717, 1.165) is 4.57 Å². The number of fused-ring (bicyclic) bond motifs is 1.